The van der Waals surface area contributed by atoms with E-state index in [0.29, 0.717) is 17.1 Å². The van der Waals surface area contributed by atoms with Crippen molar-refractivity contribution in [1.82, 2.24) is 4.57 Å². The Kier molecular flexibility index (Phi) is 5.34. The fraction of sp³-hybridized carbons (Fsp3) is 0.160. The number of aromatic nitrogens is 1. The Morgan fingerprint density at radius 3 is 2.24 bits per heavy atom. The van der Waals surface area contributed by atoms with Crippen LogP contribution in [0.25, 0.3) is 22.2 Å². The summed E-state index contributed by atoms with van der Waals surface area (Å²) in [6.07, 6.45) is 0. The molecular weight excluding hydrogens is 362 g/mol. The van der Waals surface area contributed by atoms with Crippen LogP contribution in [0.4, 0.5) is 0 Å². The van der Waals surface area contributed by atoms with Gasteiger partial charge in [0.2, 0.25) is 5.78 Å². The summed E-state index contributed by atoms with van der Waals surface area (Å²) in [5.74, 6) is 1.11. The molecule has 4 rings (SSSR count). The molecule has 0 atom stereocenters. The number of fused-ring (bicyclic) bond motifs is 1. The summed E-state index contributed by atoms with van der Waals surface area (Å²) in [6.45, 7) is 2.81. The lowest BCUT2D eigenvalue weighted by Gasteiger charge is -2.12. The first-order valence-electron chi connectivity index (χ1n) is 9.70. The van der Waals surface area contributed by atoms with Crippen molar-refractivity contribution in [2.24, 2.45) is 0 Å². The molecule has 0 radical (unpaired) electrons. The molecule has 0 aliphatic carbocycles. The molecule has 4 heteroatoms. The Morgan fingerprint density at radius 2 is 1.52 bits per heavy atom. The molecule has 0 saturated carbocycles. The lowest BCUT2D eigenvalue weighted by molar-refractivity contribution is 0.0921. The molecule has 0 spiro atoms. The standard InChI is InChI=1S/C25H23NO3/c1-3-26-20-14-8-7-13-19(20)24(25(26)18-11-5-4-6-12-18)21(27)17-29-23-16-10-9-15-22(23)28-2/h4-16H,3,17H2,1-2H3. The Balaban J connectivity index is 1.79. The number of aryl methyl sites for hydroxylation is 1. The van der Waals surface area contributed by atoms with Crippen LogP contribution in [0.5, 0.6) is 11.5 Å². The number of methoxy groups -OCH3 is 1. The minimum Gasteiger partial charge on any atom is -0.493 e. The van der Waals surface area contributed by atoms with Gasteiger partial charge < -0.3 is 14.0 Å². The molecule has 0 amide bonds. The van der Waals surface area contributed by atoms with Gasteiger partial charge in [-0.05, 0) is 30.7 Å². The van der Waals surface area contributed by atoms with Gasteiger partial charge in [-0.1, -0.05) is 60.7 Å². The molecule has 0 N–H and O–H groups in total. The monoisotopic (exact) mass is 385 g/mol. The summed E-state index contributed by atoms with van der Waals surface area (Å²) < 4.78 is 13.4. The highest BCUT2D eigenvalue weighted by Crippen LogP contribution is 2.34. The lowest BCUT2D eigenvalue weighted by atomic mass is 10.0. The molecule has 0 bridgehead atoms. The summed E-state index contributed by atoms with van der Waals surface area (Å²) >= 11 is 0. The van der Waals surface area contributed by atoms with E-state index in [4.69, 9.17) is 9.47 Å². The van der Waals surface area contributed by atoms with Gasteiger partial charge in [-0.2, -0.15) is 0 Å². The number of benzene rings is 3. The first kappa shape index (κ1) is 18.8. The maximum atomic E-state index is 13.4. The van der Waals surface area contributed by atoms with Crippen LogP contribution in [0, 0.1) is 0 Å². The van der Waals surface area contributed by atoms with Gasteiger partial charge in [-0.25, -0.2) is 0 Å². The van der Waals surface area contributed by atoms with Crippen LogP contribution in [0.3, 0.4) is 0 Å². The van der Waals surface area contributed by atoms with E-state index in [0.717, 1.165) is 28.7 Å². The first-order valence-corrected chi connectivity index (χ1v) is 9.70. The van der Waals surface area contributed by atoms with E-state index in [1.54, 1.807) is 13.2 Å². The predicted molar refractivity (Wildman–Crippen MR) is 116 cm³/mol. The Labute approximate surface area is 170 Å². The van der Waals surface area contributed by atoms with Crippen LogP contribution in [-0.4, -0.2) is 24.1 Å². The van der Waals surface area contributed by atoms with Crippen molar-refractivity contribution in [2.45, 2.75) is 13.5 Å². The number of ether oxygens (including phenoxy) is 2. The van der Waals surface area contributed by atoms with Crippen LogP contribution in [0.15, 0.2) is 78.9 Å². The number of carbonyl (C=O) groups is 1. The van der Waals surface area contributed by atoms with Gasteiger partial charge in [0.1, 0.15) is 0 Å². The van der Waals surface area contributed by atoms with Crippen LogP contribution in [0.1, 0.15) is 17.3 Å². The predicted octanol–water partition coefficient (Wildman–Crippen LogP) is 5.60. The number of rotatable bonds is 7. The molecule has 0 unspecified atom stereocenters. The maximum Gasteiger partial charge on any atom is 0.203 e. The highest BCUT2D eigenvalue weighted by Gasteiger charge is 2.23. The molecule has 29 heavy (non-hydrogen) atoms. The van der Waals surface area contributed by atoms with Gasteiger partial charge in [0, 0.05) is 17.4 Å². The zero-order valence-electron chi connectivity index (χ0n) is 16.6. The molecule has 0 aliphatic rings. The van der Waals surface area contributed by atoms with E-state index < -0.39 is 0 Å². The molecule has 0 fully saturated rings. The number of ketones is 1. The molecule has 4 nitrogen and oxygen atoms in total. The van der Waals surface area contributed by atoms with Crippen molar-refractivity contribution >= 4 is 16.7 Å². The number of hydrogen-bond donors (Lipinski definition) is 0. The van der Waals surface area contributed by atoms with E-state index in [9.17, 15) is 4.79 Å². The molecule has 146 valence electrons. The summed E-state index contributed by atoms with van der Waals surface area (Å²) in [5.41, 5.74) is 3.70. The van der Waals surface area contributed by atoms with Crippen molar-refractivity contribution < 1.29 is 14.3 Å². The van der Waals surface area contributed by atoms with Crippen molar-refractivity contribution in [2.75, 3.05) is 13.7 Å². The minimum absolute atomic E-state index is 0.0573. The molecular formula is C25H23NO3. The average molecular weight is 385 g/mol. The van der Waals surface area contributed by atoms with Gasteiger partial charge in [-0.15, -0.1) is 0 Å². The highest BCUT2D eigenvalue weighted by atomic mass is 16.5. The topological polar surface area (TPSA) is 40.5 Å². The second-order valence-electron chi connectivity index (χ2n) is 6.71. The Bertz CT molecular complexity index is 1150. The van der Waals surface area contributed by atoms with Gasteiger partial charge in [0.05, 0.1) is 18.4 Å². The summed E-state index contributed by atoms with van der Waals surface area (Å²) in [4.78, 5) is 13.4. The second kappa shape index (κ2) is 8.23. The van der Waals surface area contributed by atoms with Gasteiger partial charge in [0.15, 0.2) is 18.1 Å². The first-order chi connectivity index (χ1) is 14.2. The lowest BCUT2D eigenvalue weighted by Crippen LogP contribution is -2.13. The van der Waals surface area contributed by atoms with Gasteiger partial charge >= 0.3 is 0 Å². The fourth-order valence-electron chi connectivity index (χ4n) is 3.76. The van der Waals surface area contributed by atoms with Crippen molar-refractivity contribution in [1.29, 1.82) is 0 Å². The SMILES string of the molecule is CCn1c(-c2ccccc2)c(C(=O)COc2ccccc2OC)c2ccccc21. The van der Waals surface area contributed by atoms with Gasteiger partial charge in [-0.3, -0.25) is 4.79 Å². The number of nitrogens with zero attached hydrogens (tertiary/aromatic N) is 1. The summed E-state index contributed by atoms with van der Waals surface area (Å²) in [6, 6.07) is 25.4. The minimum atomic E-state index is -0.0576. The van der Waals surface area contributed by atoms with Crippen molar-refractivity contribution in [3.8, 4) is 22.8 Å². The third-order valence-electron chi connectivity index (χ3n) is 5.04. The van der Waals surface area contributed by atoms with Gasteiger partial charge in [0.25, 0.3) is 0 Å². The van der Waals surface area contributed by atoms with Crippen LogP contribution < -0.4 is 9.47 Å². The normalized spacial score (nSPS) is 10.8. The van der Waals surface area contributed by atoms with E-state index in [1.165, 1.54) is 0 Å². The largest absolute Gasteiger partial charge is 0.493 e. The third-order valence-corrected chi connectivity index (χ3v) is 5.04. The number of Topliss-reactive ketones (excluding diaryl/α,β-unsaturated/α-hetero) is 1. The van der Waals surface area contributed by atoms with Crippen LogP contribution in [0.2, 0.25) is 0 Å². The van der Waals surface area contributed by atoms with E-state index >= 15 is 0 Å². The number of hydrogen-bond acceptors (Lipinski definition) is 3. The summed E-state index contributed by atoms with van der Waals surface area (Å²) in [5, 5.41) is 0.946. The average Bonchev–Trinajstić information content (AvgIpc) is 3.12. The quantitative estimate of drug-likeness (QED) is 0.389. The zero-order chi connectivity index (χ0) is 20.2. The fourth-order valence-corrected chi connectivity index (χ4v) is 3.76. The molecule has 3 aromatic carbocycles. The number of carbonyl (C=O) groups excluding carboxylic acids is 1. The molecule has 1 aromatic heterocycles. The second-order valence-corrected chi connectivity index (χ2v) is 6.71. The smallest absolute Gasteiger partial charge is 0.203 e. The number of para-hydroxylation sites is 3. The molecule has 1 heterocycles. The maximum absolute atomic E-state index is 13.4. The Morgan fingerprint density at radius 1 is 0.862 bits per heavy atom. The van der Waals surface area contributed by atoms with E-state index in [1.807, 2.05) is 66.7 Å². The van der Waals surface area contributed by atoms with Crippen molar-refractivity contribution in [3.05, 3.63) is 84.4 Å². The molecule has 4 aromatic rings. The van der Waals surface area contributed by atoms with Crippen LogP contribution >= 0.6 is 0 Å². The van der Waals surface area contributed by atoms with Crippen molar-refractivity contribution in [3.63, 3.8) is 0 Å². The van der Waals surface area contributed by atoms with E-state index in [2.05, 4.69) is 17.6 Å². The zero-order valence-corrected chi connectivity index (χ0v) is 16.6. The third kappa shape index (κ3) is 3.49. The van der Waals surface area contributed by atoms with E-state index in [-0.39, 0.29) is 12.4 Å². The molecule has 0 aliphatic heterocycles. The summed E-state index contributed by atoms with van der Waals surface area (Å²) in [7, 11) is 1.59. The highest BCUT2D eigenvalue weighted by molar-refractivity contribution is 6.14. The van der Waals surface area contributed by atoms with Crippen LogP contribution in [-0.2, 0) is 6.54 Å². The molecule has 0 saturated heterocycles. The Hall–Kier alpha value is -3.53.